The van der Waals surface area contributed by atoms with Gasteiger partial charge in [-0.15, -0.1) is 0 Å². The first kappa shape index (κ1) is 15.9. The van der Waals surface area contributed by atoms with Gasteiger partial charge in [0.25, 0.3) is 0 Å². The average Bonchev–Trinajstić information content (AvgIpc) is 3.29. The van der Waals surface area contributed by atoms with Gasteiger partial charge in [0.05, 0.1) is 10.6 Å². The van der Waals surface area contributed by atoms with E-state index in [1.54, 1.807) is 11.0 Å². The highest BCUT2D eigenvalue weighted by Crippen LogP contribution is 2.29. The lowest BCUT2D eigenvalue weighted by molar-refractivity contribution is -0.384. The first-order chi connectivity index (χ1) is 12.7. The van der Waals surface area contributed by atoms with E-state index >= 15 is 0 Å². The predicted octanol–water partition coefficient (Wildman–Crippen LogP) is 2.15. The second kappa shape index (κ2) is 6.75. The van der Waals surface area contributed by atoms with Gasteiger partial charge in [0, 0.05) is 12.6 Å². The number of anilines is 2. The Kier molecular flexibility index (Phi) is 4.14. The summed E-state index contributed by atoms with van der Waals surface area (Å²) < 4.78 is 1.67. The molecule has 0 atom stereocenters. The van der Waals surface area contributed by atoms with Gasteiger partial charge in [-0.1, -0.05) is 12.1 Å². The van der Waals surface area contributed by atoms with Crippen molar-refractivity contribution in [3.8, 4) is 5.69 Å². The molecule has 1 aliphatic carbocycles. The summed E-state index contributed by atoms with van der Waals surface area (Å²) in [4.78, 5) is 22.8. The van der Waals surface area contributed by atoms with Crippen molar-refractivity contribution in [2.45, 2.75) is 25.4 Å². The second-order valence-electron chi connectivity index (χ2n) is 5.96. The summed E-state index contributed by atoms with van der Waals surface area (Å²) in [6.45, 7) is 0.498. The van der Waals surface area contributed by atoms with Crippen molar-refractivity contribution in [3.05, 3.63) is 58.8 Å². The van der Waals surface area contributed by atoms with E-state index in [2.05, 4.69) is 30.7 Å². The summed E-state index contributed by atoms with van der Waals surface area (Å²) in [5.74, 6) is 0.607. The Balaban J connectivity index is 1.44. The number of nitro groups is 1. The molecule has 10 nitrogen and oxygen atoms in total. The van der Waals surface area contributed by atoms with Crippen LogP contribution in [0.2, 0.25) is 0 Å². The Morgan fingerprint density at radius 2 is 2.08 bits per heavy atom. The first-order valence-corrected chi connectivity index (χ1v) is 8.15. The summed E-state index contributed by atoms with van der Waals surface area (Å²) in [5.41, 5.74) is 1.82. The second-order valence-corrected chi connectivity index (χ2v) is 5.96. The van der Waals surface area contributed by atoms with Crippen LogP contribution in [0.4, 0.5) is 17.5 Å². The molecular weight excluding hydrogens is 336 g/mol. The Bertz CT molecular complexity index is 907. The van der Waals surface area contributed by atoms with Gasteiger partial charge in [-0.2, -0.15) is 10.1 Å². The van der Waals surface area contributed by atoms with Crippen LogP contribution < -0.4 is 10.6 Å². The molecule has 2 heterocycles. The van der Waals surface area contributed by atoms with E-state index in [-0.39, 0.29) is 17.5 Å². The molecule has 0 amide bonds. The van der Waals surface area contributed by atoms with E-state index in [0.29, 0.717) is 12.5 Å². The van der Waals surface area contributed by atoms with Crippen molar-refractivity contribution in [3.63, 3.8) is 0 Å². The fraction of sp³-hybridized carbons (Fsp3) is 0.250. The smallest absolute Gasteiger partial charge is 0.329 e. The fourth-order valence-electron chi connectivity index (χ4n) is 2.41. The number of aromatic nitrogens is 5. The van der Waals surface area contributed by atoms with E-state index in [1.807, 2.05) is 24.3 Å². The molecule has 10 heteroatoms. The fourth-order valence-corrected chi connectivity index (χ4v) is 2.41. The zero-order chi connectivity index (χ0) is 17.9. The minimum atomic E-state index is -0.475. The molecule has 0 saturated heterocycles. The van der Waals surface area contributed by atoms with Crippen LogP contribution in [0.3, 0.4) is 0 Å². The van der Waals surface area contributed by atoms with Gasteiger partial charge in [0.1, 0.15) is 18.9 Å². The van der Waals surface area contributed by atoms with Gasteiger partial charge in [-0.05, 0) is 30.5 Å². The zero-order valence-electron chi connectivity index (χ0n) is 13.7. The Labute approximate surface area is 148 Å². The number of benzene rings is 1. The van der Waals surface area contributed by atoms with Gasteiger partial charge in [-0.3, -0.25) is 10.1 Å². The maximum Gasteiger partial charge on any atom is 0.329 e. The predicted molar refractivity (Wildman–Crippen MR) is 94.0 cm³/mol. The minimum absolute atomic E-state index is 0.111. The summed E-state index contributed by atoms with van der Waals surface area (Å²) in [6, 6.07) is 8.04. The summed E-state index contributed by atoms with van der Waals surface area (Å²) in [6.07, 6.45) is 6.35. The van der Waals surface area contributed by atoms with Crippen molar-refractivity contribution in [2.24, 2.45) is 0 Å². The first-order valence-electron chi connectivity index (χ1n) is 8.15. The number of nitrogens with one attached hydrogen (secondary N) is 2. The molecule has 2 N–H and O–H groups in total. The van der Waals surface area contributed by atoms with E-state index < -0.39 is 4.92 Å². The van der Waals surface area contributed by atoms with E-state index in [9.17, 15) is 10.1 Å². The molecule has 1 aliphatic rings. The third kappa shape index (κ3) is 3.58. The maximum absolute atomic E-state index is 11.1. The number of hydrogen-bond acceptors (Lipinski definition) is 8. The molecule has 0 radical (unpaired) electrons. The van der Waals surface area contributed by atoms with Crippen LogP contribution in [0.25, 0.3) is 5.69 Å². The van der Waals surface area contributed by atoms with Gasteiger partial charge in [0.15, 0.2) is 0 Å². The molecule has 0 unspecified atom stereocenters. The van der Waals surface area contributed by atoms with Crippen LogP contribution in [-0.2, 0) is 6.54 Å². The lowest BCUT2D eigenvalue weighted by Crippen LogP contribution is -2.10. The Morgan fingerprint density at radius 1 is 1.27 bits per heavy atom. The quantitative estimate of drug-likeness (QED) is 0.490. The molecule has 4 rings (SSSR count). The molecule has 132 valence electrons. The molecule has 1 saturated carbocycles. The van der Waals surface area contributed by atoms with Gasteiger partial charge >= 0.3 is 5.69 Å². The highest BCUT2D eigenvalue weighted by atomic mass is 16.6. The maximum atomic E-state index is 11.1. The minimum Gasteiger partial charge on any atom is -0.361 e. The molecule has 3 aromatic rings. The van der Waals surface area contributed by atoms with Crippen LogP contribution in [0.1, 0.15) is 18.4 Å². The average molecular weight is 352 g/mol. The lowest BCUT2D eigenvalue weighted by atomic mass is 10.2. The monoisotopic (exact) mass is 352 g/mol. The Hall–Kier alpha value is -3.56. The van der Waals surface area contributed by atoms with Crippen molar-refractivity contribution >= 4 is 17.5 Å². The molecular formula is C16H16N8O2. The number of hydrogen-bond donors (Lipinski definition) is 2. The molecule has 0 spiro atoms. The van der Waals surface area contributed by atoms with Gasteiger partial charge in [-0.25, -0.2) is 14.6 Å². The largest absolute Gasteiger partial charge is 0.361 e. The van der Waals surface area contributed by atoms with Crippen LogP contribution in [0, 0.1) is 10.1 Å². The molecule has 1 fully saturated rings. The zero-order valence-corrected chi connectivity index (χ0v) is 13.7. The third-order valence-corrected chi connectivity index (χ3v) is 3.95. The van der Waals surface area contributed by atoms with Crippen LogP contribution >= 0.6 is 0 Å². The van der Waals surface area contributed by atoms with Crippen molar-refractivity contribution in [2.75, 3.05) is 10.6 Å². The van der Waals surface area contributed by atoms with Crippen molar-refractivity contribution < 1.29 is 4.92 Å². The summed E-state index contributed by atoms with van der Waals surface area (Å²) in [5, 5.41) is 21.4. The van der Waals surface area contributed by atoms with Crippen molar-refractivity contribution in [1.82, 2.24) is 24.7 Å². The van der Waals surface area contributed by atoms with Gasteiger partial charge < -0.3 is 10.6 Å². The highest BCUT2D eigenvalue weighted by Gasteiger charge is 2.26. The van der Waals surface area contributed by atoms with Gasteiger partial charge in [0.2, 0.25) is 11.8 Å². The Morgan fingerprint density at radius 3 is 2.73 bits per heavy atom. The highest BCUT2D eigenvalue weighted by molar-refractivity contribution is 5.58. The third-order valence-electron chi connectivity index (χ3n) is 3.95. The van der Waals surface area contributed by atoms with E-state index in [0.717, 1.165) is 24.1 Å². The number of rotatable bonds is 7. The van der Waals surface area contributed by atoms with E-state index in [1.165, 1.54) is 12.5 Å². The molecule has 0 aliphatic heterocycles. The summed E-state index contributed by atoms with van der Waals surface area (Å²) in [7, 11) is 0. The number of nitrogens with zero attached hydrogens (tertiary/aromatic N) is 6. The van der Waals surface area contributed by atoms with Crippen molar-refractivity contribution in [1.29, 1.82) is 0 Å². The molecule has 1 aromatic carbocycles. The molecule has 26 heavy (non-hydrogen) atoms. The van der Waals surface area contributed by atoms with E-state index in [4.69, 9.17) is 0 Å². The molecule has 2 aromatic heterocycles. The molecule has 0 bridgehead atoms. The van der Waals surface area contributed by atoms with Crippen LogP contribution in [0.15, 0.2) is 43.1 Å². The summed E-state index contributed by atoms with van der Waals surface area (Å²) >= 11 is 0. The standard InChI is InChI=1S/C16H16N8O2/c25-24(26)14-8-19-16(22-15(14)21-12-3-4-12)18-7-11-1-5-13(6-2-11)23-10-17-9-20-23/h1-2,5-6,8-10,12H,3-4,7H2,(H2,18,19,21,22). The van der Waals surface area contributed by atoms with Crippen LogP contribution in [0.5, 0.6) is 0 Å². The lowest BCUT2D eigenvalue weighted by Gasteiger charge is -2.09. The van der Waals surface area contributed by atoms with Crippen LogP contribution in [-0.4, -0.2) is 35.7 Å². The topological polar surface area (TPSA) is 124 Å². The normalized spacial score (nSPS) is 13.4. The SMILES string of the molecule is O=[N+]([O-])c1cnc(NCc2ccc(-n3cncn3)cc2)nc1NC1CC1.